The normalized spacial score (nSPS) is 15.3. The first kappa shape index (κ1) is 21.6. The zero-order valence-corrected chi connectivity index (χ0v) is 18.8. The SMILES string of the molecule is COc1ccc(S(=O)(=O)NC2CC2)cc1NC(=O)c1nn(-c2ccccc2F)c2c1CCC2. The fraction of sp³-hybridized carbons (Fsp3) is 0.304. The number of anilines is 1. The van der Waals surface area contributed by atoms with Gasteiger partial charge in [0.2, 0.25) is 10.0 Å². The first-order valence-corrected chi connectivity index (χ1v) is 12.2. The van der Waals surface area contributed by atoms with Gasteiger partial charge < -0.3 is 10.1 Å². The average Bonchev–Trinajstić information content (AvgIpc) is 3.32. The van der Waals surface area contributed by atoms with Crippen LogP contribution in [-0.2, 0) is 22.9 Å². The fourth-order valence-electron chi connectivity index (χ4n) is 4.06. The van der Waals surface area contributed by atoms with Crippen molar-refractivity contribution in [1.29, 1.82) is 0 Å². The Morgan fingerprint density at radius 3 is 2.70 bits per heavy atom. The Bertz CT molecular complexity index is 1350. The lowest BCUT2D eigenvalue weighted by atomic mass is 10.2. The minimum absolute atomic E-state index is 0.0348. The maximum absolute atomic E-state index is 14.4. The van der Waals surface area contributed by atoms with Gasteiger partial charge in [-0.2, -0.15) is 5.10 Å². The highest BCUT2D eigenvalue weighted by molar-refractivity contribution is 7.89. The summed E-state index contributed by atoms with van der Waals surface area (Å²) in [4.78, 5) is 13.3. The zero-order chi connectivity index (χ0) is 23.2. The van der Waals surface area contributed by atoms with Gasteiger partial charge in [0.1, 0.15) is 17.3 Å². The number of aromatic nitrogens is 2. The maximum atomic E-state index is 14.4. The molecule has 172 valence electrons. The van der Waals surface area contributed by atoms with Crippen LogP contribution in [-0.4, -0.2) is 37.3 Å². The zero-order valence-electron chi connectivity index (χ0n) is 18.0. The number of nitrogens with zero attached hydrogens (tertiary/aromatic N) is 2. The number of halogens is 1. The first-order chi connectivity index (χ1) is 15.9. The van der Waals surface area contributed by atoms with Gasteiger partial charge in [0.15, 0.2) is 5.69 Å². The van der Waals surface area contributed by atoms with Gasteiger partial charge in [0.25, 0.3) is 5.91 Å². The van der Waals surface area contributed by atoms with Gasteiger partial charge in [0, 0.05) is 17.3 Å². The highest BCUT2D eigenvalue weighted by Crippen LogP contribution is 2.32. The van der Waals surface area contributed by atoms with Crippen LogP contribution in [0.5, 0.6) is 5.75 Å². The molecule has 0 unspecified atom stereocenters. The second kappa shape index (κ2) is 8.27. The molecule has 5 rings (SSSR count). The second-order valence-corrected chi connectivity index (χ2v) is 9.92. The number of carbonyl (C=O) groups excluding carboxylic acids is 1. The van der Waals surface area contributed by atoms with Crippen molar-refractivity contribution < 1.29 is 22.3 Å². The monoisotopic (exact) mass is 470 g/mol. The Balaban J connectivity index is 1.49. The molecule has 1 fully saturated rings. The third kappa shape index (κ3) is 4.11. The average molecular weight is 471 g/mol. The highest BCUT2D eigenvalue weighted by Gasteiger charge is 2.30. The number of ether oxygens (including phenoxy) is 1. The molecule has 1 aromatic heterocycles. The number of sulfonamides is 1. The molecule has 1 amide bonds. The van der Waals surface area contributed by atoms with Crippen molar-refractivity contribution in [3.8, 4) is 11.4 Å². The maximum Gasteiger partial charge on any atom is 0.276 e. The largest absolute Gasteiger partial charge is 0.495 e. The molecule has 0 atom stereocenters. The van der Waals surface area contributed by atoms with Crippen LogP contribution in [0.15, 0.2) is 47.4 Å². The van der Waals surface area contributed by atoms with E-state index in [9.17, 15) is 17.6 Å². The highest BCUT2D eigenvalue weighted by atomic mass is 32.2. The van der Waals surface area contributed by atoms with Crippen LogP contribution in [0, 0.1) is 5.82 Å². The van der Waals surface area contributed by atoms with E-state index in [-0.39, 0.29) is 28.0 Å². The Kier molecular flexibility index (Phi) is 5.41. The number of benzene rings is 2. The summed E-state index contributed by atoms with van der Waals surface area (Å²) in [6.45, 7) is 0. The van der Waals surface area contributed by atoms with Gasteiger partial charge in [0.05, 0.1) is 17.7 Å². The third-order valence-corrected chi connectivity index (χ3v) is 7.37. The number of methoxy groups -OCH3 is 1. The number of rotatable bonds is 7. The number of carbonyl (C=O) groups is 1. The summed E-state index contributed by atoms with van der Waals surface area (Å²) in [5.74, 6) is -0.616. The van der Waals surface area contributed by atoms with E-state index in [0.29, 0.717) is 18.6 Å². The molecule has 0 spiro atoms. The number of para-hydroxylation sites is 1. The lowest BCUT2D eigenvalue weighted by Crippen LogP contribution is -2.26. The van der Waals surface area contributed by atoms with Gasteiger partial charge in [-0.05, 0) is 62.4 Å². The topological polar surface area (TPSA) is 102 Å². The first-order valence-electron chi connectivity index (χ1n) is 10.7. The summed E-state index contributed by atoms with van der Waals surface area (Å²) in [5, 5.41) is 7.17. The number of fused-ring (bicyclic) bond motifs is 1. The molecular formula is C23H23FN4O4S. The van der Waals surface area contributed by atoms with Crippen LogP contribution in [0.4, 0.5) is 10.1 Å². The molecule has 10 heteroatoms. The molecule has 2 N–H and O–H groups in total. The number of hydrogen-bond acceptors (Lipinski definition) is 5. The Labute approximate surface area is 190 Å². The van der Waals surface area contributed by atoms with Crippen molar-refractivity contribution in [2.75, 3.05) is 12.4 Å². The van der Waals surface area contributed by atoms with Crippen LogP contribution in [0.3, 0.4) is 0 Å². The van der Waals surface area contributed by atoms with Crippen molar-refractivity contribution in [2.24, 2.45) is 0 Å². The van der Waals surface area contributed by atoms with E-state index >= 15 is 0 Å². The van der Waals surface area contributed by atoms with Gasteiger partial charge in [-0.1, -0.05) is 12.1 Å². The summed E-state index contributed by atoms with van der Waals surface area (Å²) in [7, 11) is -2.27. The quantitative estimate of drug-likeness (QED) is 0.552. The van der Waals surface area contributed by atoms with Gasteiger partial charge in [-0.25, -0.2) is 22.2 Å². The molecule has 1 saturated carbocycles. The lowest BCUT2D eigenvalue weighted by Gasteiger charge is -2.12. The molecule has 0 radical (unpaired) electrons. The van der Waals surface area contributed by atoms with E-state index in [1.54, 1.807) is 18.2 Å². The Morgan fingerprint density at radius 2 is 1.97 bits per heavy atom. The molecule has 2 aliphatic carbocycles. The summed E-state index contributed by atoms with van der Waals surface area (Å²) in [5.41, 5.74) is 2.27. The second-order valence-electron chi connectivity index (χ2n) is 8.20. The van der Waals surface area contributed by atoms with Gasteiger partial charge in [-0.3, -0.25) is 4.79 Å². The van der Waals surface area contributed by atoms with Crippen molar-refractivity contribution in [2.45, 2.75) is 43.0 Å². The standard InChI is InChI=1S/C23H23FN4O4S/c1-32-21-12-11-15(33(30,31)27-14-9-10-14)13-18(21)25-23(29)22-16-5-4-8-19(16)28(26-22)20-7-3-2-6-17(20)24/h2-3,6-7,11-14,27H,4-5,8-10H2,1H3,(H,25,29). The van der Waals surface area contributed by atoms with E-state index in [1.807, 2.05) is 0 Å². The van der Waals surface area contributed by atoms with Crippen LogP contribution < -0.4 is 14.8 Å². The van der Waals surface area contributed by atoms with E-state index in [4.69, 9.17) is 4.74 Å². The molecular weight excluding hydrogens is 447 g/mol. The molecule has 33 heavy (non-hydrogen) atoms. The molecule has 0 bridgehead atoms. The van der Waals surface area contributed by atoms with Crippen molar-refractivity contribution in [3.63, 3.8) is 0 Å². The predicted octanol–water partition coefficient (Wildman–Crippen LogP) is 3.20. The molecule has 3 aromatic rings. The molecule has 0 saturated heterocycles. The third-order valence-electron chi connectivity index (χ3n) is 5.85. The summed E-state index contributed by atoms with van der Waals surface area (Å²) >= 11 is 0. The fourth-order valence-corrected chi connectivity index (χ4v) is 5.40. The van der Waals surface area contributed by atoms with Crippen LogP contribution >= 0.6 is 0 Å². The summed E-state index contributed by atoms with van der Waals surface area (Å²) in [6, 6.07) is 10.5. The smallest absolute Gasteiger partial charge is 0.276 e. The van der Waals surface area contributed by atoms with Crippen molar-refractivity contribution >= 4 is 21.6 Å². The molecule has 8 nitrogen and oxygen atoms in total. The number of hydrogen-bond donors (Lipinski definition) is 2. The van der Waals surface area contributed by atoms with E-state index < -0.39 is 21.7 Å². The van der Waals surface area contributed by atoms with E-state index in [2.05, 4.69) is 15.1 Å². The van der Waals surface area contributed by atoms with Crippen LogP contribution in [0.25, 0.3) is 5.69 Å². The van der Waals surface area contributed by atoms with E-state index in [1.165, 1.54) is 36.1 Å². The molecule has 0 aliphatic heterocycles. The van der Waals surface area contributed by atoms with Crippen molar-refractivity contribution in [1.82, 2.24) is 14.5 Å². The van der Waals surface area contributed by atoms with E-state index in [0.717, 1.165) is 30.5 Å². The number of amides is 1. The molecule has 2 aliphatic rings. The van der Waals surface area contributed by atoms with Gasteiger partial charge >= 0.3 is 0 Å². The minimum Gasteiger partial charge on any atom is -0.495 e. The Hall–Kier alpha value is -3.24. The minimum atomic E-state index is -3.71. The molecule has 1 heterocycles. The van der Waals surface area contributed by atoms with Crippen LogP contribution in [0.1, 0.15) is 41.0 Å². The van der Waals surface area contributed by atoms with Gasteiger partial charge in [-0.15, -0.1) is 0 Å². The summed E-state index contributed by atoms with van der Waals surface area (Å²) < 4.78 is 49.1. The van der Waals surface area contributed by atoms with Crippen LogP contribution in [0.2, 0.25) is 0 Å². The lowest BCUT2D eigenvalue weighted by molar-refractivity contribution is 0.102. The predicted molar refractivity (Wildman–Crippen MR) is 120 cm³/mol. The molecule has 2 aromatic carbocycles. The Morgan fingerprint density at radius 1 is 1.18 bits per heavy atom. The van der Waals surface area contributed by atoms with Crippen molar-refractivity contribution in [3.05, 3.63) is 65.2 Å². The number of nitrogens with one attached hydrogen (secondary N) is 2. The summed E-state index contributed by atoms with van der Waals surface area (Å²) in [6.07, 6.45) is 3.81.